The van der Waals surface area contributed by atoms with Gasteiger partial charge in [0.05, 0.1) is 5.56 Å². The summed E-state index contributed by atoms with van der Waals surface area (Å²) in [6.07, 6.45) is 0.944. The van der Waals surface area contributed by atoms with E-state index in [-0.39, 0.29) is 18.1 Å². The molecule has 0 radical (unpaired) electrons. The minimum absolute atomic E-state index is 0.138. The Bertz CT molecular complexity index is 751. The lowest BCUT2D eigenvalue weighted by atomic mass is 10.0. The first-order valence-corrected chi connectivity index (χ1v) is 7.76. The van der Waals surface area contributed by atoms with Crippen molar-refractivity contribution in [2.75, 3.05) is 11.9 Å². The van der Waals surface area contributed by atoms with Crippen LogP contribution in [0.15, 0.2) is 36.4 Å². The fourth-order valence-corrected chi connectivity index (χ4v) is 2.37. The molecule has 0 fully saturated rings. The van der Waals surface area contributed by atoms with E-state index >= 15 is 0 Å². The topological polar surface area (TPSA) is 75.6 Å². The van der Waals surface area contributed by atoms with E-state index in [0.29, 0.717) is 17.0 Å². The van der Waals surface area contributed by atoms with Gasteiger partial charge < -0.3 is 15.2 Å². The van der Waals surface area contributed by atoms with E-state index in [4.69, 9.17) is 4.74 Å². The molecule has 0 aliphatic rings. The number of aromatic carboxylic acids is 1. The molecule has 0 aromatic heterocycles. The van der Waals surface area contributed by atoms with Gasteiger partial charge in [-0.3, -0.25) is 4.79 Å². The monoisotopic (exact) mass is 327 g/mol. The first-order valence-electron chi connectivity index (χ1n) is 7.76. The quantitative estimate of drug-likeness (QED) is 0.850. The van der Waals surface area contributed by atoms with Crippen molar-refractivity contribution >= 4 is 17.6 Å². The average Bonchev–Trinajstić information content (AvgIpc) is 2.55. The summed E-state index contributed by atoms with van der Waals surface area (Å²) in [6.45, 7) is 5.48. The molecule has 1 amide bonds. The zero-order valence-electron chi connectivity index (χ0n) is 14.1. The largest absolute Gasteiger partial charge is 0.484 e. The fraction of sp³-hybridized carbons (Fsp3) is 0.263. The first kappa shape index (κ1) is 17.5. The number of nitrogens with one attached hydrogen (secondary N) is 1. The summed E-state index contributed by atoms with van der Waals surface area (Å²) in [6, 6.07) is 10.8. The SMILES string of the molecule is CCc1ccc(OCC(=O)Nc2cc(C(=O)O)c(C)cc2C)cc1. The van der Waals surface area contributed by atoms with Crippen LogP contribution in [0.25, 0.3) is 0 Å². The van der Waals surface area contributed by atoms with Gasteiger partial charge in [-0.2, -0.15) is 0 Å². The van der Waals surface area contributed by atoms with Gasteiger partial charge in [0, 0.05) is 5.69 Å². The molecule has 2 aromatic rings. The van der Waals surface area contributed by atoms with Gasteiger partial charge in [0.1, 0.15) is 5.75 Å². The number of benzene rings is 2. The normalized spacial score (nSPS) is 10.3. The summed E-state index contributed by atoms with van der Waals surface area (Å²) in [7, 11) is 0. The second-order valence-corrected chi connectivity index (χ2v) is 5.62. The molecular formula is C19H21NO4. The highest BCUT2D eigenvalue weighted by Gasteiger charge is 2.12. The first-order chi connectivity index (χ1) is 11.4. The third-order valence-corrected chi connectivity index (χ3v) is 3.78. The minimum atomic E-state index is -1.02. The van der Waals surface area contributed by atoms with Crippen LogP contribution in [0.3, 0.4) is 0 Å². The zero-order valence-corrected chi connectivity index (χ0v) is 14.1. The van der Waals surface area contributed by atoms with Crippen LogP contribution in [0.4, 0.5) is 5.69 Å². The van der Waals surface area contributed by atoms with Crippen LogP contribution in [0, 0.1) is 13.8 Å². The van der Waals surface area contributed by atoms with Crippen LogP contribution in [-0.4, -0.2) is 23.6 Å². The number of amides is 1. The number of carbonyl (C=O) groups is 2. The number of hydrogen-bond acceptors (Lipinski definition) is 3. The smallest absolute Gasteiger partial charge is 0.336 e. The zero-order chi connectivity index (χ0) is 17.7. The van der Waals surface area contributed by atoms with E-state index < -0.39 is 5.97 Å². The molecule has 2 aromatic carbocycles. The maximum Gasteiger partial charge on any atom is 0.336 e. The molecule has 0 spiro atoms. The maximum absolute atomic E-state index is 12.0. The highest BCUT2D eigenvalue weighted by molar-refractivity contribution is 5.96. The van der Waals surface area contributed by atoms with Crippen molar-refractivity contribution in [3.05, 3.63) is 58.7 Å². The van der Waals surface area contributed by atoms with Crippen LogP contribution in [0.5, 0.6) is 5.75 Å². The van der Waals surface area contributed by atoms with Crippen LogP contribution in [0.2, 0.25) is 0 Å². The van der Waals surface area contributed by atoms with Crippen LogP contribution < -0.4 is 10.1 Å². The Hall–Kier alpha value is -2.82. The second kappa shape index (κ2) is 7.64. The van der Waals surface area contributed by atoms with Crippen molar-refractivity contribution < 1.29 is 19.4 Å². The molecule has 0 bridgehead atoms. The summed E-state index contributed by atoms with van der Waals surface area (Å²) in [5, 5.41) is 11.9. The van der Waals surface area contributed by atoms with Crippen molar-refractivity contribution in [3.63, 3.8) is 0 Å². The van der Waals surface area contributed by atoms with Crippen molar-refractivity contribution in [1.29, 1.82) is 0 Å². The molecule has 0 unspecified atom stereocenters. The molecule has 0 atom stereocenters. The molecule has 0 saturated carbocycles. The lowest BCUT2D eigenvalue weighted by molar-refractivity contribution is -0.118. The van der Waals surface area contributed by atoms with Gasteiger partial charge >= 0.3 is 5.97 Å². The number of ether oxygens (including phenoxy) is 1. The van der Waals surface area contributed by atoms with E-state index in [0.717, 1.165) is 12.0 Å². The Morgan fingerprint density at radius 2 is 1.75 bits per heavy atom. The highest BCUT2D eigenvalue weighted by atomic mass is 16.5. The lowest BCUT2D eigenvalue weighted by Crippen LogP contribution is -2.21. The van der Waals surface area contributed by atoms with Gasteiger partial charge in [0.2, 0.25) is 0 Å². The Labute approximate surface area is 141 Å². The molecule has 5 nitrogen and oxygen atoms in total. The summed E-state index contributed by atoms with van der Waals surface area (Å²) in [5.41, 5.74) is 3.31. The van der Waals surface area contributed by atoms with Crippen LogP contribution in [0.1, 0.15) is 34.0 Å². The van der Waals surface area contributed by atoms with E-state index in [2.05, 4.69) is 12.2 Å². The fourth-order valence-electron chi connectivity index (χ4n) is 2.37. The number of carboxylic acids is 1. The third kappa shape index (κ3) is 4.35. The van der Waals surface area contributed by atoms with Gasteiger partial charge in [-0.25, -0.2) is 4.79 Å². The summed E-state index contributed by atoms with van der Waals surface area (Å²) in [4.78, 5) is 23.2. The Balaban J connectivity index is 2.01. The highest BCUT2D eigenvalue weighted by Crippen LogP contribution is 2.21. The number of hydrogen-bond donors (Lipinski definition) is 2. The molecule has 0 heterocycles. The van der Waals surface area contributed by atoms with Crippen molar-refractivity contribution in [1.82, 2.24) is 0 Å². The lowest BCUT2D eigenvalue weighted by Gasteiger charge is -2.12. The predicted octanol–water partition coefficient (Wildman–Crippen LogP) is 3.58. The Kier molecular flexibility index (Phi) is 5.58. The number of anilines is 1. The van der Waals surface area contributed by atoms with Crippen molar-refractivity contribution in [3.8, 4) is 5.75 Å². The van der Waals surface area contributed by atoms with E-state index in [9.17, 15) is 14.7 Å². The summed E-state index contributed by atoms with van der Waals surface area (Å²) in [5.74, 6) is -0.734. The number of aryl methyl sites for hydroxylation is 3. The summed E-state index contributed by atoms with van der Waals surface area (Å²) < 4.78 is 5.45. The Morgan fingerprint density at radius 1 is 1.08 bits per heavy atom. The Morgan fingerprint density at radius 3 is 2.33 bits per heavy atom. The van der Waals surface area contributed by atoms with Gasteiger partial charge in [0.25, 0.3) is 5.91 Å². The van der Waals surface area contributed by atoms with Gasteiger partial charge in [0.15, 0.2) is 6.61 Å². The van der Waals surface area contributed by atoms with E-state index in [1.54, 1.807) is 13.0 Å². The van der Waals surface area contributed by atoms with Crippen LogP contribution in [-0.2, 0) is 11.2 Å². The minimum Gasteiger partial charge on any atom is -0.484 e. The third-order valence-electron chi connectivity index (χ3n) is 3.78. The van der Waals surface area contributed by atoms with Crippen molar-refractivity contribution in [2.45, 2.75) is 27.2 Å². The predicted molar refractivity (Wildman–Crippen MR) is 92.8 cm³/mol. The van der Waals surface area contributed by atoms with Crippen molar-refractivity contribution in [2.24, 2.45) is 0 Å². The molecular weight excluding hydrogens is 306 g/mol. The molecule has 0 aliphatic heterocycles. The average molecular weight is 327 g/mol. The maximum atomic E-state index is 12.0. The number of carbonyl (C=O) groups excluding carboxylic acids is 1. The van der Waals surface area contributed by atoms with Crippen LogP contribution >= 0.6 is 0 Å². The molecule has 2 rings (SSSR count). The molecule has 126 valence electrons. The number of rotatable bonds is 6. The van der Waals surface area contributed by atoms with Gasteiger partial charge in [-0.15, -0.1) is 0 Å². The molecule has 0 saturated heterocycles. The molecule has 24 heavy (non-hydrogen) atoms. The van der Waals surface area contributed by atoms with E-state index in [1.807, 2.05) is 31.2 Å². The van der Waals surface area contributed by atoms with E-state index in [1.165, 1.54) is 11.6 Å². The summed E-state index contributed by atoms with van der Waals surface area (Å²) >= 11 is 0. The number of carboxylic acid groups (broad SMARTS) is 1. The standard InChI is InChI=1S/C19H21NO4/c1-4-14-5-7-15(8-6-14)24-11-18(21)20-17-10-16(19(22)23)12(2)9-13(17)3/h5-10H,4,11H2,1-3H3,(H,20,21)(H,22,23). The molecule has 5 heteroatoms. The van der Waals surface area contributed by atoms with Gasteiger partial charge in [-0.1, -0.05) is 25.1 Å². The molecule has 0 aliphatic carbocycles. The second-order valence-electron chi connectivity index (χ2n) is 5.62. The molecule has 2 N–H and O–H groups in total. The van der Waals surface area contributed by atoms with Gasteiger partial charge in [-0.05, 0) is 55.2 Å².